The average Bonchev–Trinajstić information content (AvgIpc) is 2.65. The second-order valence-corrected chi connectivity index (χ2v) is 4.16. The van der Waals surface area contributed by atoms with E-state index in [1.807, 2.05) is 13.0 Å². The lowest BCUT2D eigenvalue weighted by Gasteiger charge is -2.26. The minimum absolute atomic E-state index is 0.0301. The fourth-order valence-corrected chi connectivity index (χ4v) is 1.80. The van der Waals surface area contributed by atoms with E-state index in [1.54, 1.807) is 12.5 Å². The summed E-state index contributed by atoms with van der Waals surface area (Å²) in [4.78, 5) is 0. The molecule has 0 aromatic carbocycles. The number of nitrogens with two attached hydrogens (primary N) is 1. The Morgan fingerprint density at radius 3 is 2.67 bits per heavy atom. The summed E-state index contributed by atoms with van der Waals surface area (Å²) < 4.78 is 10.7. The maximum atomic E-state index is 6.13. The van der Waals surface area contributed by atoms with Crippen molar-refractivity contribution in [3.05, 3.63) is 24.2 Å². The lowest BCUT2D eigenvalue weighted by atomic mass is 9.95. The molecule has 1 aromatic heterocycles. The van der Waals surface area contributed by atoms with Crippen LogP contribution in [0.5, 0.6) is 0 Å². The van der Waals surface area contributed by atoms with Gasteiger partial charge in [-0.25, -0.2) is 0 Å². The molecule has 0 aliphatic carbocycles. The van der Waals surface area contributed by atoms with Gasteiger partial charge >= 0.3 is 0 Å². The van der Waals surface area contributed by atoms with Crippen LogP contribution in [0.1, 0.15) is 26.3 Å². The number of rotatable bonds is 6. The van der Waals surface area contributed by atoms with Crippen molar-refractivity contribution < 1.29 is 9.15 Å². The molecule has 3 heteroatoms. The Balaban J connectivity index is 2.52. The summed E-state index contributed by atoms with van der Waals surface area (Å²) in [6, 6.07) is 1.98. The third-order valence-electron chi connectivity index (χ3n) is 2.49. The third kappa shape index (κ3) is 3.68. The summed E-state index contributed by atoms with van der Waals surface area (Å²) in [5.74, 6) is 0.437. The van der Waals surface area contributed by atoms with Crippen LogP contribution in [-0.4, -0.2) is 18.8 Å². The molecule has 1 heterocycles. The highest BCUT2D eigenvalue weighted by atomic mass is 16.5. The first-order valence-electron chi connectivity index (χ1n) is 5.53. The van der Waals surface area contributed by atoms with Crippen LogP contribution in [0.25, 0.3) is 0 Å². The van der Waals surface area contributed by atoms with Crippen molar-refractivity contribution >= 4 is 0 Å². The highest BCUT2D eigenvalue weighted by Gasteiger charge is 2.22. The van der Waals surface area contributed by atoms with Crippen molar-refractivity contribution in [3.8, 4) is 0 Å². The van der Waals surface area contributed by atoms with Crippen molar-refractivity contribution in [1.82, 2.24) is 0 Å². The lowest BCUT2D eigenvalue weighted by molar-refractivity contribution is 0.0127. The summed E-state index contributed by atoms with van der Waals surface area (Å²) in [5, 5.41) is 0. The Bertz CT molecular complexity index is 257. The van der Waals surface area contributed by atoms with E-state index in [0.29, 0.717) is 12.5 Å². The molecule has 86 valence electrons. The van der Waals surface area contributed by atoms with E-state index in [2.05, 4.69) is 13.8 Å². The van der Waals surface area contributed by atoms with E-state index in [1.165, 1.54) is 0 Å². The van der Waals surface area contributed by atoms with Crippen LogP contribution in [-0.2, 0) is 11.2 Å². The Hall–Kier alpha value is -0.800. The van der Waals surface area contributed by atoms with Crippen molar-refractivity contribution in [2.45, 2.75) is 39.3 Å². The number of ether oxygens (including phenoxy) is 1. The standard InChI is InChI=1S/C12H21NO2/c1-4-15-12(9(2)3)11(13)7-10-5-6-14-8-10/h5-6,8-9,11-12H,4,7,13H2,1-3H3. The summed E-state index contributed by atoms with van der Waals surface area (Å²) in [5.41, 5.74) is 7.26. The monoisotopic (exact) mass is 211 g/mol. The smallest absolute Gasteiger partial charge is 0.0935 e. The number of hydrogen-bond acceptors (Lipinski definition) is 3. The molecule has 2 atom stereocenters. The normalized spacial score (nSPS) is 15.5. The summed E-state index contributed by atoms with van der Waals surface area (Å²) >= 11 is 0. The van der Waals surface area contributed by atoms with Gasteiger partial charge in [-0.15, -0.1) is 0 Å². The molecule has 0 spiro atoms. The molecule has 0 radical (unpaired) electrons. The minimum atomic E-state index is 0.0301. The van der Waals surface area contributed by atoms with Gasteiger partial charge in [0.05, 0.1) is 18.6 Å². The van der Waals surface area contributed by atoms with Crippen LogP contribution in [0, 0.1) is 5.92 Å². The van der Waals surface area contributed by atoms with Gasteiger partial charge in [-0.2, -0.15) is 0 Å². The van der Waals surface area contributed by atoms with Gasteiger partial charge in [0.1, 0.15) is 0 Å². The van der Waals surface area contributed by atoms with Gasteiger partial charge in [0, 0.05) is 12.6 Å². The van der Waals surface area contributed by atoms with Crippen molar-refractivity contribution in [3.63, 3.8) is 0 Å². The number of furan rings is 1. The highest BCUT2D eigenvalue weighted by molar-refractivity contribution is 5.08. The van der Waals surface area contributed by atoms with Gasteiger partial charge in [-0.1, -0.05) is 13.8 Å². The molecule has 0 aliphatic rings. The quantitative estimate of drug-likeness (QED) is 0.784. The van der Waals surface area contributed by atoms with Crippen LogP contribution in [0.3, 0.4) is 0 Å². The van der Waals surface area contributed by atoms with Crippen LogP contribution < -0.4 is 5.73 Å². The van der Waals surface area contributed by atoms with Crippen LogP contribution in [0.15, 0.2) is 23.0 Å². The maximum absolute atomic E-state index is 6.13. The molecule has 3 nitrogen and oxygen atoms in total. The van der Waals surface area contributed by atoms with Crippen LogP contribution in [0.4, 0.5) is 0 Å². The molecular weight excluding hydrogens is 190 g/mol. The zero-order valence-corrected chi connectivity index (χ0v) is 9.77. The van der Waals surface area contributed by atoms with Gasteiger partial charge in [-0.3, -0.25) is 0 Å². The fourth-order valence-electron chi connectivity index (χ4n) is 1.80. The molecule has 0 fully saturated rings. The molecule has 15 heavy (non-hydrogen) atoms. The zero-order chi connectivity index (χ0) is 11.3. The Kier molecular flexibility index (Phi) is 4.85. The molecule has 0 aliphatic heterocycles. The molecule has 2 N–H and O–H groups in total. The largest absolute Gasteiger partial charge is 0.472 e. The van der Waals surface area contributed by atoms with Gasteiger partial charge in [0.25, 0.3) is 0 Å². The third-order valence-corrected chi connectivity index (χ3v) is 2.49. The second-order valence-electron chi connectivity index (χ2n) is 4.16. The Labute approximate surface area is 91.6 Å². The topological polar surface area (TPSA) is 48.4 Å². The predicted molar refractivity (Wildman–Crippen MR) is 60.6 cm³/mol. The van der Waals surface area contributed by atoms with E-state index in [4.69, 9.17) is 14.9 Å². The summed E-state index contributed by atoms with van der Waals surface area (Å²) in [6.07, 6.45) is 4.33. The molecule has 0 amide bonds. The minimum Gasteiger partial charge on any atom is -0.472 e. The zero-order valence-electron chi connectivity index (χ0n) is 9.77. The van der Waals surface area contributed by atoms with E-state index in [9.17, 15) is 0 Å². The fraction of sp³-hybridized carbons (Fsp3) is 0.667. The summed E-state index contributed by atoms with van der Waals surface area (Å²) in [7, 11) is 0. The average molecular weight is 211 g/mol. The molecule has 0 saturated heterocycles. The summed E-state index contributed by atoms with van der Waals surface area (Å²) in [6.45, 7) is 6.98. The van der Waals surface area contributed by atoms with E-state index < -0.39 is 0 Å². The van der Waals surface area contributed by atoms with Gasteiger partial charge in [0.2, 0.25) is 0 Å². The first-order valence-corrected chi connectivity index (χ1v) is 5.53. The van der Waals surface area contributed by atoms with Gasteiger partial charge in [-0.05, 0) is 30.9 Å². The van der Waals surface area contributed by atoms with Crippen molar-refractivity contribution in [1.29, 1.82) is 0 Å². The lowest BCUT2D eigenvalue weighted by Crippen LogP contribution is -2.41. The van der Waals surface area contributed by atoms with Crippen molar-refractivity contribution in [2.75, 3.05) is 6.61 Å². The molecule has 1 rings (SSSR count). The predicted octanol–water partition coefficient (Wildman–Crippen LogP) is 2.21. The first kappa shape index (κ1) is 12.3. The van der Waals surface area contributed by atoms with E-state index >= 15 is 0 Å². The maximum Gasteiger partial charge on any atom is 0.0935 e. The molecule has 0 saturated carbocycles. The first-order chi connectivity index (χ1) is 7.15. The van der Waals surface area contributed by atoms with E-state index in [-0.39, 0.29) is 12.1 Å². The molecular formula is C12H21NO2. The Morgan fingerprint density at radius 2 is 2.20 bits per heavy atom. The number of hydrogen-bond donors (Lipinski definition) is 1. The van der Waals surface area contributed by atoms with Crippen LogP contribution >= 0.6 is 0 Å². The van der Waals surface area contributed by atoms with Crippen molar-refractivity contribution in [2.24, 2.45) is 11.7 Å². The molecule has 1 aromatic rings. The SMILES string of the molecule is CCOC(C(C)C)C(N)Cc1ccoc1. The van der Waals surface area contributed by atoms with Gasteiger partial charge in [0.15, 0.2) is 0 Å². The van der Waals surface area contributed by atoms with E-state index in [0.717, 1.165) is 12.0 Å². The molecule has 0 bridgehead atoms. The molecule has 2 unspecified atom stereocenters. The Morgan fingerprint density at radius 1 is 1.47 bits per heavy atom. The van der Waals surface area contributed by atoms with Gasteiger partial charge < -0.3 is 14.9 Å². The van der Waals surface area contributed by atoms with Crippen LogP contribution in [0.2, 0.25) is 0 Å². The second kappa shape index (κ2) is 5.93. The highest BCUT2D eigenvalue weighted by Crippen LogP contribution is 2.14.